The maximum absolute atomic E-state index is 11.5. The van der Waals surface area contributed by atoms with Gasteiger partial charge in [-0.1, -0.05) is 78.9 Å². The number of carbonyl (C=O) groups excluding carboxylic acids is 1. The third-order valence-corrected chi connectivity index (χ3v) is 4.92. The number of aliphatic hydroxyl groups excluding tert-OH is 1. The second kappa shape index (κ2) is 6.28. The Balaban J connectivity index is 2.05. The van der Waals surface area contributed by atoms with Crippen molar-refractivity contribution in [1.82, 2.24) is 5.32 Å². The van der Waals surface area contributed by atoms with E-state index in [0.717, 1.165) is 34.1 Å². The molecule has 4 rings (SSSR count). The lowest BCUT2D eigenvalue weighted by Gasteiger charge is -2.36. The topological polar surface area (TPSA) is 49.3 Å². The quantitative estimate of drug-likeness (QED) is 0.707. The van der Waals surface area contributed by atoms with E-state index in [1.54, 1.807) is 0 Å². The van der Waals surface area contributed by atoms with Gasteiger partial charge in [-0.3, -0.25) is 5.32 Å². The van der Waals surface area contributed by atoms with Crippen molar-refractivity contribution in [2.75, 3.05) is 6.61 Å². The molecule has 3 aromatic rings. The standard InChI is InChI=1S/C22H19NO2/c24-14-17(15-25)23-22(16-8-2-1-3-9-16)20-12-6-4-10-18(20)19-11-5-7-13-21(19)22/h1-14,17,23,25H,15H2/t17-/m1/s1. The van der Waals surface area contributed by atoms with E-state index in [1.807, 2.05) is 42.5 Å². The Morgan fingerprint density at radius 2 is 1.36 bits per heavy atom. The first kappa shape index (κ1) is 15.8. The Morgan fingerprint density at radius 1 is 0.840 bits per heavy atom. The van der Waals surface area contributed by atoms with E-state index in [1.165, 1.54) is 0 Å². The van der Waals surface area contributed by atoms with Crippen molar-refractivity contribution in [3.05, 3.63) is 95.6 Å². The van der Waals surface area contributed by atoms with Crippen molar-refractivity contribution < 1.29 is 9.90 Å². The number of benzene rings is 3. The molecule has 0 heterocycles. The van der Waals surface area contributed by atoms with Crippen LogP contribution in [0, 0.1) is 0 Å². The number of nitrogens with one attached hydrogen (secondary N) is 1. The first-order chi connectivity index (χ1) is 12.3. The van der Waals surface area contributed by atoms with Gasteiger partial charge in [0.1, 0.15) is 6.29 Å². The molecule has 0 unspecified atom stereocenters. The number of rotatable bonds is 5. The average molecular weight is 329 g/mol. The summed E-state index contributed by atoms with van der Waals surface area (Å²) in [4.78, 5) is 11.5. The number of aldehydes is 1. The molecule has 0 fully saturated rings. The molecule has 0 radical (unpaired) electrons. The van der Waals surface area contributed by atoms with Gasteiger partial charge in [0, 0.05) is 0 Å². The SMILES string of the molecule is O=C[C@H](CO)NC1(c2ccccc2)c2ccccc2-c2ccccc21. The highest BCUT2D eigenvalue weighted by Gasteiger charge is 2.45. The zero-order chi connectivity index (χ0) is 17.3. The highest BCUT2D eigenvalue weighted by Crippen LogP contribution is 2.50. The van der Waals surface area contributed by atoms with Gasteiger partial charge in [-0.2, -0.15) is 0 Å². The van der Waals surface area contributed by atoms with Crippen LogP contribution in [-0.2, 0) is 10.3 Å². The Bertz CT molecular complexity index is 859. The summed E-state index contributed by atoms with van der Waals surface area (Å²) in [7, 11) is 0. The Kier molecular flexibility index (Phi) is 3.96. The molecule has 3 nitrogen and oxygen atoms in total. The number of carbonyl (C=O) groups is 1. The van der Waals surface area contributed by atoms with Crippen LogP contribution in [0.2, 0.25) is 0 Å². The van der Waals surface area contributed by atoms with Gasteiger partial charge >= 0.3 is 0 Å². The second-order valence-electron chi connectivity index (χ2n) is 6.28. The molecule has 3 heteroatoms. The van der Waals surface area contributed by atoms with Crippen LogP contribution in [0.4, 0.5) is 0 Å². The largest absolute Gasteiger partial charge is 0.394 e. The van der Waals surface area contributed by atoms with Gasteiger partial charge in [0.2, 0.25) is 0 Å². The maximum atomic E-state index is 11.5. The first-order valence-corrected chi connectivity index (χ1v) is 8.40. The molecule has 3 aromatic carbocycles. The molecule has 0 aliphatic heterocycles. The lowest BCUT2D eigenvalue weighted by molar-refractivity contribution is -0.110. The Morgan fingerprint density at radius 3 is 1.88 bits per heavy atom. The molecule has 0 saturated heterocycles. The van der Waals surface area contributed by atoms with Gasteiger partial charge in [0.05, 0.1) is 18.2 Å². The van der Waals surface area contributed by atoms with Crippen LogP contribution in [0.15, 0.2) is 78.9 Å². The molecule has 0 bridgehead atoms. The zero-order valence-corrected chi connectivity index (χ0v) is 13.7. The third-order valence-electron chi connectivity index (χ3n) is 4.92. The molecule has 0 aromatic heterocycles. The molecule has 25 heavy (non-hydrogen) atoms. The van der Waals surface area contributed by atoms with Crippen LogP contribution in [-0.4, -0.2) is 24.0 Å². The minimum atomic E-state index is -0.664. The van der Waals surface area contributed by atoms with E-state index in [4.69, 9.17) is 0 Å². The van der Waals surface area contributed by atoms with E-state index < -0.39 is 11.6 Å². The fourth-order valence-electron chi connectivity index (χ4n) is 3.87. The van der Waals surface area contributed by atoms with E-state index in [9.17, 15) is 9.90 Å². The molecule has 124 valence electrons. The van der Waals surface area contributed by atoms with Gasteiger partial charge in [0.15, 0.2) is 0 Å². The summed E-state index contributed by atoms with van der Waals surface area (Å²) in [5.41, 5.74) is 4.88. The van der Waals surface area contributed by atoms with Gasteiger partial charge < -0.3 is 9.90 Å². The molecular formula is C22H19NO2. The monoisotopic (exact) mass is 329 g/mol. The molecule has 1 atom stereocenters. The summed E-state index contributed by atoms with van der Waals surface area (Å²) in [5.74, 6) is 0. The van der Waals surface area contributed by atoms with Crippen LogP contribution in [0.3, 0.4) is 0 Å². The third kappa shape index (κ3) is 2.32. The predicted molar refractivity (Wildman–Crippen MR) is 98.3 cm³/mol. The van der Waals surface area contributed by atoms with Crippen molar-refractivity contribution in [2.24, 2.45) is 0 Å². The smallest absolute Gasteiger partial charge is 0.139 e. The molecule has 0 amide bonds. The predicted octanol–water partition coefficient (Wildman–Crippen LogP) is 3.11. The van der Waals surface area contributed by atoms with Crippen LogP contribution in [0.1, 0.15) is 16.7 Å². The molecule has 0 spiro atoms. The Labute approximate surface area is 147 Å². The fourth-order valence-corrected chi connectivity index (χ4v) is 3.87. The molecule has 1 aliphatic rings. The van der Waals surface area contributed by atoms with Gasteiger partial charge in [0.25, 0.3) is 0 Å². The highest BCUT2D eigenvalue weighted by molar-refractivity contribution is 5.83. The summed E-state index contributed by atoms with van der Waals surface area (Å²) in [5, 5.41) is 13.1. The maximum Gasteiger partial charge on any atom is 0.139 e. The molecule has 0 saturated carbocycles. The fraction of sp³-hybridized carbons (Fsp3) is 0.136. The number of hydrogen-bond donors (Lipinski definition) is 2. The molecule has 1 aliphatic carbocycles. The number of hydrogen-bond acceptors (Lipinski definition) is 3. The highest BCUT2D eigenvalue weighted by atomic mass is 16.3. The average Bonchev–Trinajstić information content (AvgIpc) is 2.98. The van der Waals surface area contributed by atoms with Gasteiger partial charge in [-0.15, -0.1) is 0 Å². The lowest BCUT2D eigenvalue weighted by Crippen LogP contribution is -2.50. The summed E-state index contributed by atoms with van der Waals surface area (Å²) >= 11 is 0. The van der Waals surface area contributed by atoms with Crippen molar-refractivity contribution in [2.45, 2.75) is 11.6 Å². The lowest BCUT2D eigenvalue weighted by atomic mass is 9.80. The van der Waals surface area contributed by atoms with Crippen LogP contribution >= 0.6 is 0 Å². The van der Waals surface area contributed by atoms with E-state index in [0.29, 0.717) is 0 Å². The number of fused-ring (bicyclic) bond motifs is 3. The first-order valence-electron chi connectivity index (χ1n) is 8.40. The normalized spacial score (nSPS) is 15.2. The zero-order valence-electron chi connectivity index (χ0n) is 13.7. The minimum Gasteiger partial charge on any atom is -0.394 e. The van der Waals surface area contributed by atoms with Gasteiger partial charge in [-0.25, -0.2) is 0 Å². The van der Waals surface area contributed by atoms with E-state index >= 15 is 0 Å². The summed E-state index contributed by atoms with van der Waals surface area (Å²) in [6.07, 6.45) is 0.772. The molecular weight excluding hydrogens is 310 g/mol. The van der Waals surface area contributed by atoms with Crippen molar-refractivity contribution >= 4 is 6.29 Å². The van der Waals surface area contributed by atoms with Crippen LogP contribution in [0.5, 0.6) is 0 Å². The van der Waals surface area contributed by atoms with Crippen molar-refractivity contribution in [3.8, 4) is 11.1 Å². The van der Waals surface area contributed by atoms with Crippen LogP contribution in [0.25, 0.3) is 11.1 Å². The Hall–Kier alpha value is -2.75. The van der Waals surface area contributed by atoms with Crippen molar-refractivity contribution in [3.63, 3.8) is 0 Å². The summed E-state index contributed by atoms with van der Waals surface area (Å²) in [6, 6.07) is 25.9. The van der Waals surface area contributed by atoms with E-state index in [2.05, 4.69) is 41.7 Å². The van der Waals surface area contributed by atoms with Gasteiger partial charge in [-0.05, 0) is 27.8 Å². The second-order valence-corrected chi connectivity index (χ2v) is 6.28. The number of aliphatic hydroxyl groups is 1. The summed E-state index contributed by atoms with van der Waals surface area (Å²) < 4.78 is 0. The van der Waals surface area contributed by atoms with E-state index in [-0.39, 0.29) is 6.61 Å². The van der Waals surface area contributed by atoms with Crippen LogP contribution < -0.4 is 5.32 Å². The van der Waals surface area contributed by atoms with Crippen molar-refractivity contribution in [1.29, 1.82) is 0 Å². The molecule has 2 N–H and O–H groups in total. The summed E-state index contributed by atoms with van der Waals surface area (Å²) in [6.45, 7) is -0.248. The minimum absolute atomic E-state index is 0.248.